The third-order valence-electron chi connectivity index (χ3n) is 3.05. The standard InChI is InChI=1S/C12H21NO4/c1-3-17-11(14)7-6-10-5-4-9(8-13-10)12(15)16-2/h9-10,13H,3-8H2,1-2H3/t9-,10-/m0/s1. The van der Waals surface area contributed by atoms with Gasteiger partial charge in [-0.3, -0.25) is 9.59 Å². The molecular weight excluding hydrogens is 222 g/mol. The molecule has 0 amide bonds. The lowest BCUT2D eigenvalue weighted by molar-refractivity contribution is -0.147. The Hall–Kier alpha value is -1.10. The van der Waals surface area contributed by atoms with Gasteiger partial charge in [0.1, 0.15) is 0 Å². The lowest BCUT2D eigenvalue weighted by Crippen LogP contribution is -2.42. The predicted molar refractivity (Wildman–Crippen MR) is 62.4 cm³/mol. The van der Waals surface area contributed by atoms with Crippen LogP contribution in [0.2, 0.25) is 0 Å². The number of hydrogen-bond donors (Lipinski definition) is 1. The van der Waals surface area contributed by atoms with Gasteiger partial charge >= 0.3 is 11.9 Å². The molecule has 1 rings (SSSR count). The molecule has 0 aromatic rings. The van der Waals surface area contributed by atoms with Gasteiger partial charge in [0.05, 0.1) is 19.6 Å². The van der Waals surface area contributed by atoms with Crippen molar-refractivity contribution < 1.29 is 19.1 Å². The highest BCUT2D eigenvalue weighted by Gasteiger charge is 2.26. The zero-order chi connectivity index (χ0) is 12.7. The minimum Gasteiger partial charge on any atom is -0.469 e. The maximum absolute atomic E-state index is 11.3. The molecular formula is C12H21NO4. The molecule has 0 bridgehead atoms. The lowest BCUT2D eigenvalue weighted by Gasteiger charge is -2.28. The Balaban J connectivity index is 2.19. The molecule has 1 fully saturated rings. The van der Waals surface area contributed by atoms with Crippen LogP contribution in [0.5, 0.6) is 0 Å². The fraction of sp³-hybridized carbons (Fsp3) is 0.833. The number of methoxy groups -OCH3 is 1. The molecule has 1 aliphatic rings. The number of rotatable bonds is 5. The summed E-state index contributed by atoms with van der Waals surface area (Å²) in [5, 5.41) is 3.27. The van der Waals surface area contributed by atoms with Crippen molar-refractivity contribution in [2.24, 2.45) is 5.92 Å². The molecule has 5 heteroatoms. The van der Waals surface area contributed by atoms with E-state index in [4.69, 9.17) is 9.47 Å². The summed E-state index contributed by atoms with van der Waals surface area (Å²) in [7, 11) is 1.41. The van der Waals surface area contributed by atoms with E-state index in [2.05, 4.69) is 5.32 Å². The summed E-state index contributed by atoms with van der Waals surface area (Å²) >= 11 is 0. The van der Waals surface area contributed by atoms with Crippen molar-refractivity contribution in [3.63, 3.8) is 0 Å². The van der Waals surface area contributed by atoms with Gasteiger partial charge in [-0.1, -0.05) is 0 Å². The number of carbonyl (C=O) groups excluding carboxylic acids is 2. The van der Waals surface area contributed by atoms with Gasteiger partial charge in [0.2, 0.25) is 0 Å². The average Bonchev–Trinajstić information content (AvgIpc) is 2.36. The highest BCUT2D eigenvalue weighted by molar-refractivity contribution is 5.72. The summed E-state index contributed by atoms with van der Waals surface area (Å²) in [6.07, 6.45) is 2.94. The number of nitrogens with one attached hydrogen (secondary N) is 1. The van der Waals surface area contributed by atoms with Crippen LogP contribution in [0, 0.1) is 5.92 Å². The van der Waals surface area contributed by atoms with Crippen LogP contribution >= 0.6 is 0 Å². The van der Waals surface area contributed by atoms with Gasteiger partial charge in [-0.2, -0.15) is 0 Å². The van der Waals surface area contributed by atoms with Crippen LogP contribution in [0.15, 0.2) is 0 Å². The quantitative estimate of drug-likeness (QED) is 0.726. The van der Waals surface area contributed by atoms with E-state index in [1.807, 2.05) is 0 Å². The first-order valence-corrected chi connectivity index (χ1v) is 6.14. The number of esters is 2. The van der Waals surface area contributed by atoms with E-state index < -0.39 is 0 Å². The smallest absolute Gasteiger partial charge is 0.309 e. The largest absolute Gasteiger partial charge is 0.469 e. The zero-order valence-electron chi connectivity index (χ0n) is 10.5. The summed E-state index contributed by atoms with van der Waals surface area (Å²) < 4.78 is 9.57. The van der Waals surface area contributed by atoms with E-state index in [0.717, 1.165) is 19.3 Å². The minimum atomic E-state index is -0.152. The van der Waals surface area contributed by atoms with Crippen molar-refractivity contribution in [3.05, 3.63) is 0 Å². The van der Waals surface area contributed by atoms with E-state index in [0.29, 0.717) is 25.6 Å². The number of hydrogen-bond acceptors (Lipinski definition) is 5. The van der Waals surface area contributed by atoms with E-state index in [1.165, 1.54) is 7.11 Å². The van der Waals surface area contributed by atoms with Gasteiger partial charge in [-0.15, -0.1) is 0 Å². The molecule has 0 aliphatic carbocycles. The van der Waals surface area contributed by atoms with Gasteiger partial charge < -0.3 is 14.8 Å². The Kier molecular flexibility index (Phi) is 5.97. The Morgan fingerprint density at radius 3 is 2.65 bits per heavy atom. The number of ether oxygens (including phenoxy) is 2. The fourth-order valence-electron chi connectivity index (χ4n) is 2.05. The zero-order valence-corrected chi connectivity index (χ0v) is 10.5. The monoisotopic (exact) mass is 243 g/mol. The van der Waals surface area contributed by atoms with Gasteiger partial charge in [-0.25, -0.2) is 0 Å². The summed E-state index contributed by atoms with van der Waals surface area (Å²) in [5.74, 6) is -0.343. The molecule has 1 N–H and O–H groups in total. The third-order valence-corrected chi connectivity index (χ3v) is 3.05. The topological polar surface area (TPSA) is 64.6 Å². The Morgan fingerprint density at radius 1 is 1.35 bits per heavy atom. The van der Waals surface area contributed by atoms with Gasteiger partial charge in [0.15, 0.2) is 0 Å². The van der Waals surface area contributed by atoms with Crippen LogP contribution in [0.1, 0.15) is 32.6 Å². The van der Waals surface area contributed by atoms with Gasteiger partial charge in [0.25, 0.3) is 0 Å². The molecule has 98 valence electrons. The molecule has 0 unspecified atom stereocenters. The second-order valence-electron chi connectivity index (χ2n) is 4.25. The SMILES string of the molecule is CCOC(=O)CC[C@@H]1CC[C@H](C(=O)OC)CN1. The van der Waals surface area contributed by atoms with Crippen molar-refractivity contribution in [2.45, 2.75) is 38.6 Å². The van der Waals surface area contributed by atoms with Crippen molar-refractivity contribution in [1.82, 2.24) is 5.32 Å². The van der Waals surface area contributed by atoms with Gasteiger partial charge in [0, 0.05) is 19.0 Å². The van der Waals surface area contributed by atoms with Crippen LogP contribution in [-0.4, -0.2) is 38.2 Å². The third kappa shape index (κ3) is 4.73. The van der Waals surface area contributed by atoms with E-state index in [9.17, 15) is 9.59 Å². The van der Waals surface area contributed by atoms with Crippen LogP contribution in [0.3, 0.4) is 0 Å². The Morgan fingerprint density at radius 2 is 2.12 bits per heavy atom. The second kappa shape index (κ2) is 7.27. The minimum absolute atomic E-state index is 0.0427. The van der Waals surface area contributed by atoms with Crippen molar-refractivity contribution in [1.29, 1.82) is 0 Å². The molecule has 0 aromatic heterocycles. The van der Waals surface area contributed by atoms with Crippen LogP contribution in [-0.2, 0) is 19.1 Å². The highest BCUT2D eigenvalue weighted by Crippen LogP contribution is 2.18. The molecule has 0 spiro atoms. The molecule has 5 nitrogen and oxygen atoms in total. The summed E-state index contributed by atoms with van der Waals surface area (Å²) in [4.78, 5) is 22.5. The first kappa shape index (κ1) is 14.0. The molecule has 0 radical (unpaired) electrons. The highest BCUT2D eigenvalue weighted by atomic mass is 16.5. The Labute approximate surface area is 102 Å². The molecule has 1 aliphatic heterocycles. The van der Waals surface area contributed by atoms with Crippen molar-refractivity contribution in [2.75, 3.05) is 20.3 Å². The first-order valence-electron chi connectivity index (χ1n) is 6.14. The normalized spacial score (nSPS) is 24.1. The molecule has 17 heavy (non-hydrogen) atoms. The van der Waals surface area contributed by atoms with Gasteiger partial charge in [-0.05, 0) is 26.2 Å². The molecule has 0 saturated carbocycles. The molecule has 2 atom stereocenters. The van der Waals surface area contributed by atoms with Crippen LogP contribution in [0.4, 0.5) is 0 Å². The number of piperidine rings is 1. The first-order chi connectivity index (χ1) is 8.17. The fourth-order valence-corrected chi connectivity index (χ4v) is 2.05. The van der Waals surface area contributed by atoms with E-state index in [1.54, 1.807) is 6.92 Å². The van der Waals surface area contributed by atoms with Crippen molar-refractivity contribution in [3.8, 4) is 0 Å². The van der Waals surface area contributed by atoms with E-state index in [-0.39, 0.29) is 17.9 Å². The summed E-state index contributed by atoms with van der Waals surface area (Å²) in [6.45, 7) is 2.87. The average molecular weight is 243 g/mol. The maximum Gasteiger partial charge on any atom is 0.309 e. The molecule has 1 saturated heterocycles. The maximum atomic E-state index is 11.3. The van der Waals surface area contributed by atoms with Crippen LogP contribution in [0.25, 0.3) is 0 Å². The second-order valence-corrected chi connectivity index (χ2v) is 4.25. The lowest BCUT2D eigenvalue weighted by atomic mass is 9.92. The summed E-state index contributed by atoms with van der Waals surface area (Å²) in [6, 6.07) is 0.306. The molecule has 1 heterocycles. The molecule has 0 aromatic carbocycles. The number of carbonyl (C=O) groups is 2. The Bertz CT molecular complexity index is 259. The van der Waals surface area contributed by atoms with Crippen molar-refractivity contribution >= 4 is 11.9 Å². The van der Waals surface area contributed by atoms with Crippen LogP contribution < -0.4 is 5.32 Å². The predicted octanol–water partition coefficient (Wildman–Crippen LogP) is 0.871. The van der Waals surface area contributed by atoms with E-state index >= 15 is 0 Å². The summed E-state index contributed by atoms with van der Waals surface area (Å²) in [5.41, 5.74) is 0.